The zero-order valence-corrected chi connectivity index (χ0v) is 11.7. The Balaban J connectivity index is 2.40. The van der Waals surface area contributed by atoms with Crippen molar-refractivity contribution in [3.63, 3.8) is 0 Å². The number of hydrogen-bond acceptors (Lipinski definition) is 2. The van der Waals surface area contributed by atoms with Crippen LogP contribution in [0.1, 0.15) is 22.8 Å². The Morgan fingerprint density at radius 2 is 2.00 bits per heavy atom. The van der Waals surface area contributed by atoms with Gasteiger partial charge in [0, 0.05) is 5.02 Å². The quantitative estimate of drug-likeness (QED) is 0.771. The predicted octanol–water partition coefficient (Wildman–Crippen LogP) is 4.49. The first-order valence-corrected chi connectivity index (χ1v) is 6.53. The fraction of sp³-hybridized carbons (Fsp3) is 0.188. The van der Waals surface area contributed by atoms with E-state index in [-0.39, 0.29) is 5.97 Å². The van der Waals surface area contributed by atoms with Crippen molar-refractivity contribution in [3.8, 4) is 11.1 Å². The van der Waals surface area contributed by atoms with E-state index in [4.69, 9.17) is 16.3 Å². The van der Waals surface area contributed by atoms with Crippen LogP contribution in [0.4, 0.5) is 0 Å². The van der Waals surface area contributed by atoms with Gasteiger partial charge in [-0.3, -0.25) is 0 Å². The van der Waals surface area contributed by atoms with Crippen LogP contribution in [0.2, 0.25) is 5.02 Å². The molecule has 0 saturated heterocycles. The third-order valence-corrected chi connectivity index (χ3v) is 3.11. The molecule has 0 fully saturated rings. The van der Waals surface area contributed by atoms with Crippen molar-refractivity contribution in [2.45, 2.75) is 13.8 Å². The van der Waals surface area contributed by atoms with Crippen molar-refractivity contribution in [2.75, 3.05) is 6.61 Å². The average molecular weight is 275 g/mol. The van der Waals surface area contributed by atoms with Gasteiger partial charge in [-0.05, 0) is 54.8 Å². The van der Waals surface area contributed by atoms with Crippen molar-refractivity contribution in [1.82, 2.24) is 0 Å². The largest absolute Gasteiger partial charge is 0.462 e. The highest BCUT2D eigenvalue weighted by Crippen LogP contribution is 2.26. The van der Waals surface area contributed by atoms with Crippen LogP contribution in [-0.2, 0) is 4.74 Å². The molecule has 0 aromatic heterocycles. The first-order valence-electron chi connectivity index (χ1n) is 6.15. The molecular formula is C16H15ClO2. The highest BCUT2D eigenvalue weighted by molar-refractivity contribution is 6.30. The van der Waals surface area contributed by atoms with Crippen molar-refractivity contribution in [1.29, 1.82) is 0 Å². The van der Waals surface area contributed by atoms with Gasteiger partial charge in [0.1, 0.15) is 0 Å². The lowest BCUT2D eigenvalue weighted by atomic mass is 9.99. The molecule has 2 nitrogen and oxygen atoms in total. The number of benzene rings is 2. The Morgan fingerprint density at radius 3 is 2.68 bits per heavy atom. The minimum absolute atomic E-state index is 0.295. The molecule has 3 heteroatoms. The monoisotopic (exact) mass is 274 g/mol. The fourth-order valence-electron chi connectivity index (χ4n) is 1.98. The molecule has 0 N–H and O–H groups in total. The van der Waals surface area contributed by atoms with Crippen molar-refractivity contribution in [2.24, 2.45) is 0 Å². The van der Waals surface area contributed by atoms with Gasteiger partial charge in [-0.2, -0.15) is 0 Å². The summed E-state index contributed by atoms with van der Waals surface area (Å²) in [4.78, 5) is 11.7. The molecule has 2 aromatic rings. The highest BCUT2D eigenvalue weighted by atomic mass is 35.5. The van der Waals surface area contributed by atoms with Crippen LogP contribution >= 0.6 is 11.6 Å². The minimum Gasteiger partial charge on any atom is -0.462 e. The highest BCUT2D eigenvalue weighted by Gasteiger charge is 2.09. The van der Waals surface area contributed by atoms with Crippen LogP contribution in [0.25, 0.3) is 11.1 Å². The van der Waals surface area contributed by atoms with E-state index < -0.39 is 0 Å². The first kappa shape index (κ1) is 13.6. The summed E-state index contributed by atoms with van der Waals surface area (Å²) in [7, 11) is 0. The van der Waals surface area contributed by atoms with Crippen molar-refractivity contribution >= 4 is 17.6 Å². The molecule has 0 heterocycles. The summed E-state index contributed by atoms with van der Waals surface area (Å²) < 4.78 is 5.01. The van der Waals surface area contributed by atoms with Crippen LogP contribution in [-0.4, -0.2) is 12.6 Å². The standard InChI is InChI=1S/C16H15ClO2/c1-3-19-16(18)13-6-4-5-12(10-13)15-8-7-14(17)9-11(15)2/h4-10H,3H2,1-2H3. The number of esters is 1. The minimum atomic E-state index is -0.295. The van der Waals surface area contributed by atoms with E-state index in [0.29, 0.717) is 17.2 Å². The fourth-order valence-corrected chi connectivity index (χ4v) is 2.21. The van der Waals surface area contributed by atoms with E-state index >= 15 is 0 Å². The van der Waals surface area contributed by atoms with E-state index in [9.17, 15) is 4.79 Å². The summed E-state index contributed by atoms with van der Waals surface area (Å²) in [5, 5.41) is 0.711. The van der Waals surface area contributed by atoms with Gasteiger partial charge in [0.15, 0.2) is 0 Å². The molecule has 0 aliphatic heterocycles. The van der Waals surface area contributed by atoms with Crippen molar-refractivity contribution in [3.05, 3.63) is 58.6 Å². The molecule has 0 bridgehead atoms. The summed E-state index contributed by atoms with van der Waals surface area (Å²) in [6, 6.07) is 13.1. The Kier molecular flexibility index (Phi) is 4.23. The van der Waals surface area contributed by atoms with Gasteiger partial charge in [-0.15, -0.1) is 0 Å². The number of aryl methyl sites for hydroxylation is 1. The lowest BCUT2D eigenvalue weighted by Crippen LogP contribution is -2.04. The number of carbonyl (C=O) groups is 1. The van der Waals surface area contributed by atoms with E-state index in [1.807, 2.05) is 43.3 Å². The Morgan fingerprint density at radius 1 is 1.21 bits per heavy atom. The van der Waals surface area contributed by atoms with Crippen LogP contribution in [0.3, 0.4) is 0 Å². The molecule has 0 unspecified atom stereocenters. The number of carbonyl (C=O) groups excluding carboxylic acids is 1. The van der Waals surface area contributed by atoms with E-state index in [0.717, 1.165) is 16.7 Å². The SMILES string of the molecule is CCOC(=O)c1cccc(-c2ccc(Cl)cc2C)c1. The summed E-state index contributed by atoms with van der Waals surface area (Å²) in [5.41, 5.74) is 3.69. The number of ether oxygens (including phenoxy) is 1. The Hall–Kier alpha value is -1.80. The van der Waals surface area contributed by atoms with Gasteiger partial charge < -0.3 is 4.74 Å². The Bertz CT molecular complexity index is 605. The van der Waals surface area contributed by atoms with Crippen LogP contribution in [0.15, 0.2) is 42.5 Å². The Labute approximate surface area is 118 Å². The van der Waals surface area contributed by atoms with Gasteiger partial charge in [-0.1, -0.05) is 29.8 Å². The summed E-state index contributed by atoms with van der Waals surface area (Å²) >= 11 is 5.95. The summed E-state index contributed by atoms with van der Waals surface area (Å²) in [5.74, 6) is -0.295. The van der Waals surface area contributed by atoms with Gasteiger partial charge in [-0.25, -0.2) is 4.79 Å². The normalized spacial score (nSPS) is 10.3. The van der Waals surface area contributed by atoms with E-state index in [2.05, 4.69) is 0 Å². The molecule has 2 rings (SSSR count). The average Bonchev–Trinajstić information content (AvgIpc) is 2.39. The molecule has 0 atom stereocenters. The molecule has 0 radical (unpaired) electrons. The first-order chi connectivity index (χ1) is 9.11. The second-order valence-corrected chi connectivity index (χ2v) is 4.70. The smallest absolute Gasteiger partial charge is 0.338 e. The topological polar surface area (TPSA) is 26.3 Å². The number of halogens is 1. The molecule has 0 spiro atoms. The number of rotatable bonds is 3. The van der Waals surface area contributed by atoms with E-state index in [1.165, 1.54) is 0 Å². The van der Waals surface area contributed by atoms with Gasteiger partial charge in [0.2, 0.25) is 0 Å². The zero-order chi connectivity index (χ0) is 13.8. The number of hydrogen-bond donors (Lipinski definition) is 0. The van der Waals surface area contributed by atoms with Gasteiger partial charge in [0.05, 0.1) is 12.2 Å². The van der Waals surface area contributed by atoms with Gasteiger partial charge in [0.25, 0.3) is 0 Å². The molecule has 2 aromatic carbocycles. The van der Waals surface area contributed by atoms with Crippen LogP contribution in [0.5, 0.6) is 0 Å². The second kappa shape index (κ2) is 5.89. The summed E-state index contributed by atoms with van der Waals surface area (Å²) in [6.45, 7) is 4.17. The molecule has 0 saturated carbocycles. The molecule has 19 heavy (non-hydrogen) atoms. The van der Waals surface area contributed by atoms with Crippen LogP contribution < -0.4 is 0 Å². The lowest BCUT2D eigenvalue weighted by molar-refractivity contribution is 0.0526. The zero-order valence-electron chi connectivity index (χ0n) is 10.9. The summed E-state index contributed by atoms with van der Waals surface area (Å²) in [6.07, 6.45) is 0. The van der Waals surface area contributed by atoms with Crippen molar-refractivity contribution < 1.29 is 9.53 Å². The maximum absolute atomic E-state index is 11.7. The predicted molar refractivity (Wildman–Crippen MR) is 77.6 cm³/mol. The molecular weight excluding hydrogens is 260 g/mol. The second-order valence-electron chi connectivity index (χ2n) is 4.26. The molecule has 0 aliphatic carbocycles. The third-order valence-electron chi connectivity index (χ3n) is 2.87. The lowest BCUT2D eigenvalue weighted by Gasteiger charge is -2.08. The van der Waals surface area contributed by atoms with Gasteiger partial charge >= 0.3 is 5.97 Å². The van der Waals surface area contributed by atoms with Crippen LogP contribution in [0, 0.1) is 6.92 Å². The molecule has 0 amide bonds. The molecule has 0 aliphatic rings. The van der Waals surface area contributed by atoms with E-state index in [1.54, 1.807) is 13.0 Å². The molecule has 98 valence electrons. The maximum atomic E-state index is 11.7. The maximum Gasteiger partial charge on any atom is 0.338 e. The third kappa shape index (κ3) is 3.15.